The van der Waals surface area contributed by atoms with Crippen LogP contribution in [-0.2, 0) is 22.2 Å². The summed E-state index contributed by atoms with van der Waals surface area (Å²) in [5, 5.41) is 3.36. The van der Waals surface area contributed by atoms with Crippen molar-refractivity contribution in [3.05, 3.63) is 22.9 Å². The summed E-state index contributed by atoms with van der Waals surface area (Å²) < 4.78 is 52.0. The number of aromatic nitrogens is 2. The molecule has 12 heteroatoms. The summed E-state index contributed by atoms with van der Waals surface area (Å²) in [6.07, 6.45) is -4.69. The molecule has 0 saturated carbocycles. The maximum Gasteiger partial charge on any atom is 0.471 e. The van der Waals surface area contributed by atoms with Gasteiger partial charge in [-0.15, -0.1) is 11.3 Å². The Morgan fingerprint density at radius 3 is 2.39 bits per heavy atom. The van der Waals surface area contributed by atoms with E-state index >= 15 is 0 Å². The third-order valence-corrected chi connectivity index (χ3v) is 4.74. The van der Waals surface area contributed by atoms with E-state index in [1.807, 2.05) is 0 Å². The SMILES string of the molecule is COCCN(CCOC)C(=O)N(C)Cc1ccc(-c2noc(C(F)(F)F)n2)s1. The van der Waals surface area contributed by atoms with E-state index in [9.17, 15) is 18.0 Å². The van der Waals surface area contributed by atoms with Gasteiger partial charge in [-0.3, -0.25) is 0 Å². The highest BCUT2D eigenvalue weighted by Gasteiger charge is 2.38. The second-order valence-corrected chi connectivity index (χ2v) is 6.97. The van der Waals surface area contributed by atoms with Crippen molar-refractivity contribution < 1.29 is 32.0 Å². The molecule has 2 aromatic rings. The van der Waals surface area contributed by atoms with E-state index in [4.69, 9.17) is 9.47 Å². The minimum Gasteiger partial charge on any atom is -0.383 e. The summed E-state index contributed by atoms with van der Waals surface area (Å²) in [6.45, 7) is 1.91. The number of halogens is 3. The fourth-order valence-electron chi connectivity index (χ4n) is 2.27. The summed E-state index contributed by atoms with van der Waals surface area (Å²) >= 11 is 1.19. The molecule has 0 atom stereocenters. The first-order valence-electron chi connectivity index (χ1n) is 8.24. The molecule has 2 amide bonds. The Hall–Kier alpha value is -2.18. The smallest absolute Gasteiger partial charge is 0.383 e. The second-order valence-electron chi connectivity index (χ2n) is 5.80. The van der Waals surface area contributed by atoms with Crippen LogP contribution in [0.5, 0.6) is 0 Å². The lowest BCUT2D eigenvalue weighted by Crippen LogP contribution is -2.43. The van der Waals surface area contributed by atoms with Crippen LogP contribution in [0.15, 0.2) is 16.7 Å². The van der Waals surface area contributed by atoms with Crippen LogP contribution in [0.4, 0.5) is 18.0 Å². The molecule has 2 aromatic heterocycles. The van der Waals surface area contributed by atoms with Crippen molar-refractivity contribution in [2.24, 2.45) is 0 Å². The third kappa shape index (κ3) is 5.91. The first-order chi connectivity index (χ1) is 13.3. The van der Waals surface area contributed by atoms with Gasteiger partial charge in [0.05, 0.1) is 24.6 Å². The molecule has 0 fully saturated rings. The lowest BCUT2D eigenvalue weighted by Gasteiger charge is -2.27. The molecule has 2 heterocycles. The minimum atomic E-state index is -4.69. The summed E-state index contributed by atoms with van der Waals surface area (Å²) in [7, 11) is 4.75. The molecule has 0 radical (unpaired) electrons. The Kier molecular flexibility index (Phi) is 7.78. The number of carbonyl (C=O) groups excluding carboxylic acids is 1. The quantitative estimate of drug-likeness (QED) is 0.618. The van der Waals surface area contributed by atoms with Gasteiger partial charge in [0.2, 0.25) is 5.82 Å². The molecule has 8 nitrogen and oxygen atoms in total. The number of methoxy groups -OCH3 is 2. The zero-order valence-electron chi connectivity index (χ0n) is 15.7. The van der Waals surface area contributed by atoms with Gasteiger partial charge in [-0.1, -0.05) is 5.16 Å². The summed E-state index contributed by atoms with van der Waals surface area (Å²) in [5.74, 6) is -1.53. The molecule has 0 bridgehead atoms. The Morgan fingerprint density at radius 2 is 1.86 bits per heavy atom. The lowest BCUT2D eigenvalue weighted by atomic mass is 10.4. The van der Waals surface area contributed by atoms with Crippen molar-refractivity contribution in [2.45, 2.75) is 12.7 Å². The van der Waals surface area contributed by atoms with Crippen molar-refractivity contribution in [1.82, 2.24) is 19.9 Å². The molecule has 2 rings (SSSR count). The highest BCUT2D eigenvalue weighted by Crippen LogP contribution is 2.32. The van der Waals surface area contributed by atoms with E-state index < -0.39 is 12.1 Å². The first-order valence-corrected chi connectivity index (χ1v) is 9.05. The van der Waals surface area contributed by atoms with E-state index in [1.165, 1.54) is 16.2 Å². The van der Waals surface area contributed by atoms with Gasteiger partial charge < -0.3 is 23.8 Å². The highest BCUT2D eigenvalue weighted by molar-refractivity contribution is 7.15. The normalized spacial score (nSPS) is 11.6. The van der Waals surface area contributed by atoms with Crippen molar-refractivity contribution in [2.75, 3.05) is 47.6 Å². The van der Waals surface area contributed by atoms with Crippen LogP contribution in [0, 0.1) is 0 Å². The van der Waals surface area contributed by atoms with Crippen molar-refractivity contribution >= 4 is 17.4 Å². The zero-order valence-corrected chi connectivity index (χ0v) is 16.5. The van der Waals surface area contributed by atoms with Gasteiger partial charge in [0, 0.05) is 39.2 Å². The number of alkyl halides is 3. The Bertz CT molecular complexity index is 757. The molecular formula is C16H21F3N4O4S. The number of nitrogens with zero attached hydrogens (tertiary/aromatic N) is 4. The van der Waals surface area contributed by atoms with E-state index in [1.54, 1.807) is 38.3 Å². The molecular weight excluding hydrogens is 401 g/mol. The summed E-state index contributed by atoms with van der Waals surface area (Å²) in [6, 6.07) is 3.10. The van der Waals surface area contributed by atoms with Crippen LogP contribution in [0.25, 0.3) is 10.7 Å². The van der Waals surface area contributed by atoms with Gasteiger partial charge in [0.25, 0.3) is 0 Å². The van der Waals surface area contributed by atoms with Gasteiger partial charge in [-0.2, -0.15) is 18.2 Å². The molecule has 0 aromatic carbocycles. The van der Waals surface area contributed by atoms with Crippen molar-refractivity contribution in [1.29, 1.82) is 0 Å². The third-order valence-electron chi connectivity index (χ3n) is 3.67. The minimum absolute atomic E-state index is 0.139. The van der Waals surface area contributed by atoms with Gasteiger partial charge in [0.1, 0.15) is 0 Å². The van der Waals surface area contributed by atoms with Crippen LogP contribution in [0.3, 0.4) is 0 Å². The monoisotopic (exact) mass is 422 g/mol. The maximum absolute atomic E-state index is 12.6. The number of carbonyl (C=O) groups is 1. The van der Waals surface area contributed by atoms with E-state index in [0.29, 0.717) is 31.2 Å². The van der Waals surface area contributed by atoms with E-state index in [0.717, 1.165) is 4.88 Å². The van der Waals surface area contributed by atoms with Crippen molar-refractivity contribution in [3.63, 3.8) is 0 Å². The Balaban J connectivity index is 2.02. The van der Waals surface area contributed by atoms with Crippen LogP contribution in [0.1, 0.15) is 10.8 Å². The average molecular weight is 422 g/mol. The molecule has 0 N–H and O–H groups in total. The fourth-order valence-corrected chi connectivity index (χ4v) is 3.26. The number of thiophene rings is 1. The van der Waals surface area contributed by atoms with E-state index in [2.05, 4.69) is 14.7 Å². The van der Waals surface area contributed by atoms with Crippen LogP contribution < -0.4 is 0 Å². The molecule has 156 valence electrons. The first kappa shape index (κ1) is 22.1. The topological polar surface area (TPSA) is 80.9 Å². The number of amides is 2. The number of hydrogen-bond acceptors (Lipinski definition) is 7. The number of urea groups is 1. The molecule has 0 saturated heterocycles. The standard InChI is InChI=1S/C16H21F3N4O4S/c1-22(15(24)23(6-8-25-2)7-9-26-3)10-11-4-5-12(28-11)13-20-14(27-21-13)16(17,18)19/h4-5H,6-10H2,1-3H3. The highest BCUT2D eigenvalue weighted by atomic mass is 32.1. The van der Waals surface area contributed by atoms with Crippen LogP contribution in [0.2, 0.25) is 0 Å². The molecule has 0 unspecified atom stereocenters. The predicted molar refractivity (Wildman–Crippen MR) is 94.8 cm³/mol. The molecule has 0 spiro atoms. The van der Waals surface area contributed by atoms with E-state index in [-0.39, 0.29) is 18.4 Å². The second kappa shape index (κ2) is 9.85. The lowest BCUT2D eigenvalue weighted by molar-refractivity contribution is -0.159. The summed E-state index contributed by atoms with van der Waals surface area (Å²) in [4.78, 5) is 20.3. The maximum atomic E-state index is 12.6. The summed E-state index contributed by atoms with van der Waals surface area (Å²) in [5.41, 5.74) is 0. The Morgan fingerprint density at radius 1 is 1.21 bits per heavy atom. The van der Waals surface area contributed by atoms with Gasteiger partial charge in [0.15, 0.2) is 0 Å². The molecule has 0 aliphatic rings. The van der Waals surface area contributed by atoms with Gasteiger partial charge in [-0.05, 0) is 12.1 Å². The molecule has 0 aliphatic heterocycles. The number of rotatable bonds is 9. The van der Waals surface area contributed by atoms with Crippen LogP contribution >= 0.6 is 11.3 Å². The molecule has 0 aliphatic carbocycles. The average Bonchev–Trinajstić information content (AvgIpc) is 3.30. The fraction of sp³-hybridized carbons (Fsp3) is 0.562. The van der Waals surface area contributed by atoms with Gasteiger partial charge in [-0.25, -0.2) is 4.79 Å². The number of hydrogen-bond donors (Lipinski definition) is 0. The largest absolute Gasteiger partial charge is 0.471 e. The number of ether oxygens (including phenoxy) is 2. The van der Waals surface area contributed by atoms with Crippen molar-refractivity contribution in [3.8, 4) is 10.7 Å². The predicted octanol–water partition coefficient (Wildman–Crippen LogP) is 2.96. The Labute approximate surface area is 163 Å². The van der Waals surface area contributed by atoms with Crippen LogP contribution in [-0.4, -0.2) is 73.5 Å². The zero-order chi connectivity index (χ0) is 20.7. The molecule has 28 heavy (non-hydrogen) atoms. The van der Waals surface area contributed by atoms with Gasteiger partial charge >= 0.3 is 18.1 Å².